The third-order valence-corrected chi connectivity index (χ3v) is 5.64. The van der Waals surface area contributed by atoms with E-state index in [1.807, 2.05) is 11.8 Å². The minimum absolute atomic E-state index is 0.00981. The minimum Gasteiger partial charge on any atom is -0.352 e. The number of hydrogen-bond donors (Lipinski definition) is 2. The molecule has 4 heteroatoms. The topological polar surface area (TPSA) is 41.1 Å². The normalized spacial score (nSPS) is 29.8. The van der Waals surface area contributed by atoms with Crippen molar-refractivity contribution in [2.75, 3.05) is 18.1 Å². The van der Waals surface area contributed by atoms with Gasteiger partial charge in [0.15, 0.2) is 0 Å². The summed E-state index contributed by atoms with van der Waals surface area (Å²) in [5, 5.41) is 6.56. The van der Waals surface area contributed by atoms with Gasteiger partial charge < -0.3 is 10.6 Å². The van der Waals surface area contributed by atoms with Gasteiger partial charge in [0.05, 0.1) is 6.04 Å². The van der Waals surface area contributed by atoms with Crippen LogP contribution in [-0.2, 0) is 4.79 Å². The Morgan fingerprint density at radius 3 is 2.57 bits per heavy atom. The summed E-state index contributed by atoms with van der Waals surface area (Å²) in [6.07, 6.45) is 4.57. The van der Waals surface area contributed by atoms with Gasteiger partial charge >= 0.3 is 0 Å². The van der Waals surface area contributed by atoms with Gasteiger partial charge in [-0.05, 0) is 37.2 Å². The van der Waals surface area contributed by atoms with Crippen LogP contribution in [0.25, 0.3) is 0 Å². The van der Waals surface area contributed by atoms with Crippen LogP contribution in [-0.4, -0.2) is 36.0 Å². The quantitative estimate of drug-likeness (QED) is 0.901. The summed E-state index contributed by atoms with van der Waals surface area (Å²) in [6, 6.07) is 11.1. The third kappa shape index (κ3) is 4.01. The smallest absolute Gasteiger partial charge is 0.238 e. The molecule has 0 spiro atoms. The molecule has 0 aromatic heterocycles. The average molecular weight is 304 g/mol. The van der Waals surface area contributed by atoms with Gasteiger partial charge in [0, 0.05) is 24.1 Å². The Labute approximate surface area is 131 Å². The van der Waals surface area contributed by atoms with Gasteiger partial charge in [-0.3, -0.25) is 4.79 Å². The maximum absolute atomic E-state index is 12.2. The van der Waals surface area contributed by atoms with Gasteiger partial charge in [-0.2, -0.15) is 11.8 Å². The van der Waals surface area contributed by atoms with Crippen molar-refractivity contribution in [2.45, 2.75) is 43.7 Å². The van der Waals surface area contributed by atoms with E-state index in [0.717, 1.165) is 30.9 Å². The van der Waals surface area contributed by atoms with Crippen LogP contribution in [0, 0.1) is 0 Å². The van der Waals surface area contributed by atoms with Gasteiger partial charge in [0.1, 0.15) is 0 Å². The Bertz CT molecular complexity index is 451. The maximum atomic E-state index is 12.2. The molecular weight excluding hydrogens is 280 g/mol. The highest BCUT2D eigenvalue weighted by Crippen LogP contribution is 2.32. The molecule has 1 aliphatic heterocycles. The van der Waals surface area contributed by atoms with Crippen LogP contribution < -0.4 is 10.6 Å². The summed E-state index contributed by atoms with van der Waals surface area (Å²) in [5.74, 6) is 2.89. The van der Waals surface area contributed by atoms with E-state index in [1.54, 1.807) is 0 Å². The number of amides is 1. The molecule has 1 saturated heterocycles. The number of thioether (sulfide) groups is 1. The molecule has 21 heavy (non-hydrogen) atoms. The second-order valence-electron chi connectivity index (χ2n) is 6.05. The lowest BCUT2D eigenvalue weighted by atomic mass is 9.82. The Balaban J connectivity index is 1.46. The minimum atomic E-state index is 0.00981. The van der Waals surface area contributed by atoms with E-state index < -0.39 is 0 Å². The van der Waals surface area contributed by atoms with E-state index in [-0.39, 0.29) is 11.9 Å². The van der Waals surface area contributed by atoms with Crippen LogP contribution in [0.15, 0.2) is 30.3 Å². The van der Waals surface area contributed by atoms with Crippen molar-refractivity contribution < 1.29 is 4.79 Å². The third-order valence-electron chi connectivity index (χ3n) is 4.58. The highest BCUT2D eigenvalue weighted by atomic mass is 32.2. The summed E-state index contributed by atoms with van der Waals surface area (Å²) in [7, 11) is 0. The Kier molecular flexibility index (Phi) is 5.20. The molecule has 3 rings (SSSR count). The molecule has 1 heterocycles. The van der Waals surface area contributed by atoms with Gasteiger partial charge in [-0.15, -0.1) is 0 Å². The molecule has 2 N–H and O–H groups in total. The lowest BCUT2D eigenvalue weighted by Crippen LogP contribution is -2.51. The predicted molar refractivity (Wildman–Crippen MR) is 88.7 cm³/mol. The first-order valence-corrected chi connectivity index (χ1v) is 9.15. The zero-order valence-electron chi connectivity index (χ0n) is 12.4. The summed E-state index contributed by atoms with van der Waals surface area (Å²) >= 11 is 1.87. The monoisotopic (exact) mass is 304 g/mol. The van der Waals surface area contributed by atoms with Crippen molar-refractivity contribution in [1.29, 1.82) is 0 Å². The van der Waals surface area contributed by atoms with Crippen LogP contribution >= 0.6 is 11.8 Å². The van der Waals surface area contributed by atoms with Crippen molar-refractivity contribution in [1.82, 2.24) is 10.6 Å². The average Bonchev–Trinajstić information content (AvgIpc) is 2.57. The van der Waals surface area contributed by atoms with E-state index in [2.05, 4.69) is 41.0 Å². The second kappa shape index (κ2) is 7.32. The van der Waals surface area contributed by atoms with Gasteiger partial charge in [0.25, 0.3) is 0 Å². The summed E-state index contributed by atoms with van der Waals surface area (Å²) in [5.41, 5.74) is 1.45. The van der Waals surface area contributed by atoms with Gasteiger partial charge in [-0.1, -0.05) is 30.3 Å². The second-order valence-corrected chi connectivity index (χ2v) is 7.20. The highest BCUT2D eigenvalue weighted by Gasteiger charge is 2.26. The lowest BCUT2D eigenvalue weighted by Gasteiger charge is -2.31. The van der Waals surface area contributed by atoms with Crippen molar-refractivity contribution >= 4 is 17.7 Å². The van der Waals surface area contributed by atoms with Crippen LogP contribution in [0.2, 0.25) is 0 Å². The predicted octanol–water partition coefficient (Wildman–Crippen LogP) is 2.53. The fourth-order valence-corrected chi connectivity index (χ4v) is 4.27. The molecule has 2 aliphatic rings. The largest absolute Gasteiger partial charge is 0.352 e. The van der Waals surface area contributed by atoms with Gasteiger partial charge in [0.2, 0.25) is 5.91 Å². The molecule has 1 atom stereocenters. The van der Waals surface area contributed by atoms with Crippen molar-refractivity contribution in [3.8, 4) is 0 Å². The van der Waals surface area contributed by atoms with E-state index in [4.69, 9.17) is 0 Å². The van der Waals surface area contributed by atoms with E-state index in [0.29, 0.717) is 12.0 Å². The molecule has 1 aromatic rings. The Morgan fingerprint density at radius 2 is 1.90 bits per heavy atom. The van der Waals surface area contributed by atoms with Crippen LogP contribution in [0.5, 0.6) is 0 Å². The fraction of sp³-hybridized carbons (Fsp3) is 0.588. The van der Waals surface area contributed by atoms with E-state index in [9.17, 15) is 4.79 Å². The first-order valence-electron chi connectivity index (χ1n) is 7.99. The van der Waals surface area contributed by atoms with Crippen molar-refractivity contribution in [3.05, 3.63) is 35.9 Å². The van der Waals surface area contributed by atoms with Crippen molar-refractivity contribution in [3.63, 3.8) is 0 Å². The first-order chi connectivity index (χ1) is 10.3. The molecule has 1 unspecified atom stereocenters. The molecule has 0 bridgehead atoms. The SMILES string of the molecule is O=C(NC1CCC(c2ccccc2)CC1)C1CSCCN1. The summed E-state index contributed by atoms with van der Waals surface area (Å²) in [6.45, 7) is 0.948. The molecule has 114 valence electrons. The highest BCUT2D eigenvalue weighted by molar-refractivity contribution is 7.99. The van der Waals surface area contributed by atoms with Crippen LogP contribution in [0.1, 0.15) is 37.2 Å². The molecule has 3 nitrogen and oxygen atoms in total. The Hall–Kier alpha value is -1.00. The Morgan fingerprint density at radius 1 is 1.14 bits per heavy atom. The zero-order valence-corrected chi connectivity index (χ0v) is 13.2. The number of hydrogen-bond acceptors (Lipinski definition) is 3. The zero-order chi connectivity index (χ0) is 14.5. The fourth-order valence-electron chi connectivity index (χ4n) is 3.33. The van der Waals surface area contributed by atoms with Crippen LogP contribution in [0.4, 0.5) is 0 Å². The molecule has 1 saturated carbocycles. The summed E-state index contributed by atoms with van der Waals surface area (Å²) in [4.78, 5) is 12.2. The molecule has 1 aromatic carbocycles. The molecule has 2 fully saturated rings. The molecule has 1 aliphatic carbocycles. The number of rotatable bonds is 3. The van der Waals surface area contributed by atoms with E-state index >= 15 is 0 Å². The van der Waals surface area contributed by atoms with Crippen molar-refractivity contribution in [2.24, 2.45) is 0 Å². The summed E-state index contributed by atoms with van der Waals surface area (Å²) < 4.78 is 0. The molecular formula is C17H24N2OS. The maximum Gasteiger partial charge on any atom is 0.238 e. The number of nitrogens with one attached hydrogen (secondary N) is 2. The lowest BCUT2D eigenvalue weighted by molar-refractivity contribution is -0.123. The number of carbonyl (C=O) groups excluding carboxylic acids is 1. The van der Waals surface area contributed by atoms with Gasteiger partial charge in [-0.25, -0.2) is 0 Å². The van der Waals surface area contributed by atoms with Crippen LogP contribution in [0.3, 0.4) is 0 Å². The van der Waals surface area contributed by atoms with E-state index in [1.165, 1.54) is 18.4 Å². The first kappa shape index (κ1) is 14.9. The number of carbonyl (C=O) groups is 1. The molecule has 0 radical (unpaired) electrons. The number of benzene rings is 1. The molecule has 1 amide bonds. The standard InChI is InChI=1S/C17H24N2OS/c20-17(16-12-21-11-10-18-16)19-15-8-6-14(7-9-15)13-4-2-1-3-5-13/h1-5,14-16,18H,6-12H2,(H,19,20).